The van der Waals surface area contributed by atoms with Crippen LogP contribution in [0.5, 0.6) is 0 Å². The van der Waals surface area contributed by atoms with Crippen molar-refractivity contribution in [3.05, 3.63) is 29.5 Å². The smallest absolute Gasteiger partial charge is 0.162 e. The molecule has 0 fully saturated rings. The van der Waals surface area contributed by atoms with Gasteiger partial charge in [-0.15, -0.1) is 11.3 Å². The van der Waals surface area contributed by atoms with E-state index in [2.05, 4.69) is 24.1 Å². The van der Waals surface area contributed by atoms with Gasteiger partial charge in [0.15, 0.2) is 10.8 Å². The van der Waals surface area contributed by atoms with Gasteiger partial charge in [0.25, 0.3) is 0 Å². The van der Waals surface area contributed by atoms with Crippen molar-refractivity contribution in [3.8, 4) is 10.8 Å². The predicted octanol–water partition coefficient (Wildman–Crippen LogP) is 2.90. The highest BCUT2D eigenvalue weighted by molar-refractivity contribution is 7.13. The van der Waals surface area contributed by atoms with Gasteiger partial charge in [-0.3, -0.25) is 0 Å². The quantitative estimate of drug-likeness (QED) is 0.818. The number of furan rings is 1. The molecule has 4 nitrogen and oxygen atoms in total. The first-order valence-corrected chi connectivity index (χ1v) is 7.39. The van der Waals surface area contributed by atoms with E-state index >= 15 is 0 Å². The Kier molecular flexibility index (Phi) is 5.13. The Labute approximate surface area is 117 Å². The van der Waals surface area contributed by atoms with Crippen LogP contribution in [0, 0.1) is 5.92 Å². The number of hydrogen-bond acceptors (Lipinski definition) is 5. The van der Waals surface area contributed by atoms with Gasteiger partial charge in [0.2, 0.25) is 0 Å². The van der Waals surface area contributed by atoms with Crippen LogP contribution in [-0.4, -0.2) is 22.7 Å². The van der Waals surface area contributed by atoms with E-state index in [9.17, 15) is 5.11 Å². The molecule has 5 heteroatoms. The average molecular weight is 280 g/mol. The molecule has 1 unspecified atom stereocenters. The second-order valence-corrected chi connectivity index (χ2v) is 5.87. The summed E-state index contributed by atoms with van der Waals surface area (Å²) in [7, 11) is 0. The Morgan fingerprint density at radius 3 is 2.95 bits per heavy atom. The molecular weight excluding hydrogens is 260 g/mol. The van der Waals surface area contributed by atoms with E-state index in [1.807, 2.05) is 17.5 Å². The van der Waals surface area contributed by atoms with E-state index in [1.54, 1.807) is 17.6 Å². The number of aliphatic hydroxyl groups excluding tert-OH is 1. The van der Waals surface area contributed by atoms with Gasteiger partial charge in [-0.1, -0.05) is 13.8 Å². The Balaban J connectivity index is 1.89. The number of aliphatic hydroxyl groups is 1. The Bertz CT molecular complexity index is 479. The summed E-state index contributed by atoms with van der Waals surface area (Å²) in [6.45, 7) is 5.15. The van der Waals surface area contributed by atoms with Crippen molar-refractivity contribution in [1.82, 2.24) is 10.3 Å². The van der Waals surface area contributed by atoms with Crippen molar-refractivity contribution in [2.24, 2.45) is 5.92 Å². The second-order valence-electron chi connectivity index (χ2n) is 5.01. The summed E-state index contributed by atoms with van der Waals surface area (Å²) in [6.07, 6.45) is 2.62. The minimum absolute atomic E-state index is 0.133. The van der Waals surface area contributed by atoms with Crippen molar-refractivity contribution in [3.63, 3.8) is 0 Å². The maximum atomic E-state index is 9.31. The van der Waals surface area contributed by atoms with Crippen LogP contribution in [0.15, 0.2) is 28.2 Å². The van der Waals surface area contributed by atoms with E-state index in [0.717, 1.165) is 22.9 Å². The molecular formula is C14H20N2O2S. The molecule has 0 bridgehead atoms. The molecule has 19 heavy (non-hydrogen) atoms. The average Bonchev–Trinajstić information content (AvgIpc) is 3.03. The highest BCUT2D eigenvalue weighted by atomic mass is 32.1. The minimum Gasteiger partial charge on any atom is -0.462 e. The van der Waals surface area contributed by atoms with Crippen molar-refractivity contribution in [1.29, 1.82) is 0 Å². The molecule has 0 saturated carbocycles. The van der Waals surface area contributed by atoms with E-state index in [1.165, 1.54) is 0 Å². The van der Waals surface area contributed by atoms with Gasteiger partial charge >= 0.3 is 0 Å². The number of thiazole rings is 1. The molecule has 0 aromatic carbocycles. The molecule has 0 aliphatic rings. The molecule has 2 aromatic rings. The largest absolute Gasteiger partial charge is 0.462 e. The topological polar surface area (TPSA) is 58.3 Å². The summed E-state index contributed by atoms with van der Waals surface area (Å²) in [5.41, 5.74) is 0.985. The summed E-state index contributed by atoms with van der Waals surface area (Å²) in [6, 6.07) is 3.90. The second kappa shape index (κ2) is 6.84. The van der Waals surface area contributed by atoms with E-state index in [0.29, 0.717) is 12.5 Å². The minimum atomic E-state index is 0.133. The van der Waals surface area contributed by atoms with Gasteiger partial charge in [-0.25, -0.2) is 4.98 Å². The molecule has 0 aliphatic heterocycles. The van der Waals surface area contributed by atoms with Crippen molar-refractivity contribution in [2.75, 3.05) is 6.61 Å². The summed E-state index contributed by atoms with van der Waals surface area (Å²) in [5, 5.41) is 15.6. The van der Waals surface area contributed by atoms with E-state index < -0.39 is 0 Å². The lowest BCUT2D eigenvalue weighted by Crippen LogP contribution is -2.33. The van der Waals surface area contributed by atoms with Crippen LogP contribution in [0.1, 0.15) is 26.0 Å². The first-order chi connectivity index (χ1) is 9.19. The SMILES string of the molecule is CC(C)CC(CO)NCc1csc(-c2ccco2)n1. The first-order valence-electron chi connectivity index (χ1n) is 6.51. The van der Waals surface area contributed by atoms with E-state index in [-0.39, 0.29) is 12.6 Å². The number of nitrogens with zero attached hydrogens (tertiary/aromatic N) is 1. The molecule has 104 valence electrons. The van der Waals surface area contributed by atoms with Gasteiger partial charge in [0, 0.05) is 18.0 Å². The highest BCUT2D eigenvalue weighted by Gasteiger charge is 2.11. The van der Waals surface area contributed by atoms with Gasteiger partial charge < -0.3 is 14.8 Å². The standard InChI is InChI=1S/C14H20N2O2S/c1-10(2)6-11(8-17)15-7-12-9-19-14(16-12)13-4-3-5-18-13/h3-5,9-11,15,17H,6-8H2,1-2H3. The fourth-order valence-electron chi connectivity index (χ4n) is 1.94. The van der Waals surface area contributed by atoms with Gasteiger partial charge in [0.05, 0.1) is 18.6 Å². The molecule has 1 atom stereocenters. The van der Waals surface area contributed by atoms with Gasteiger partial charge in [-0.05, 0) is 24.5 Å². The normalized spacial score (nSPS) is 13.1. The predicted molar refractivity (Wildman–Crippen MR) is 77.0 cm³/mol. The monoisotopic (exact) mass is 280 g/mol. The van der Waals surface area contributed by atoms with Crippen LogP contribution in [0.4, 0.5) is 0 Å². The number of hydrogen-bond donors (Lipinski definition) is 2. The fraction of sp³-hybridized carbons (Fsp3) is 0.500. The van der Waals surface area contributed by atoms with Crippen molar-refractivity contribution < 1.29 is 9.52 Å². The molecule has 0 spiro atoms. The first kappa shape index (κ1) is 14.2. The summed E-state index contributed by atoms with van der Waals surface area (Å²) in [4.78, 5) is 4.52. The summed E-state index contributed by atoms with van der Waals surface area (Å²) in [5.74, 6) is 1.37. The van der Waals surface area contributed by atoms with Crippen molar-refractivity contribution in [2.45, 2.75) is 32.9 Å². The molecule has 2 N–H and O–H groups in total. The van der Waals surface area contributed by atoms with Crippen LogP contribution in [-0.2, 0) is 6.54 Å². The Hall–Kier alpha value is -1.17. The maximum Gasteiger partial charge on any atom is 0.162 e. The van der Waals surface area contributed by atoms with Gasteiger partial charge in [-0.2, -0.15) is 0 Å². The van der Waals surface area contributed by atoms with Gasteiger partial charge in [0.1, 0.15) is 0 Å². The van der Waals surface area contributed by atoms with E-state index in [4.69, 9.17) is 4.42 Å². The molecule has 0 amide bonds. The summed E-state index contributed by atoms with van der Waals surface area (Å²) < 4.78 is 5.32. The highest BCUT2D eigenvalue weighted by Crippen LogP contribution is 2.23. The van der Waals surface area contributed by atoms with Crippen LogP contribution in [0.2, 0.25) is 0 Å². The number of aromatic nitrogens is 1. The lowest BCUT2D eigenvalue weighted by atomic mass is 10.0. The zero-order valence-electron chi connectivity index (χ0n) is 11.3. The Morgan fingerprint density at radius 1 is 1.47 bits per heavy atom. The molecule has 0 saturated heterocycles. The molecule has 0 aliphatic carbocycles. The lowest BCUT2D eigenvalue weighted by Gasteiger charge is -2.17. The van der Waals surface area contributed by atoms with Crippen molar-refractivity contribution >= 4 is 11.3 Å². The zero-order valence-corrected chi connectivity index (χ0v) is 12.1. The zero-order chi connectivity index (χ0) is 13.7. The Morgan fingerprint density at radius 2 is 2.32 bits per heavy atom. The third kappa shape index (κ3) is 4.16. The molecule has 0 radical (unpaired) electrons. The molecule has 2 aromatic heterocycles. The number of nitrogens with one attached hydrogen (secondary N) is 1. The summed E-state index contributed by atoms with van der Waals surface area (Å²) >= 11 is 1.57. The third-order valence-corrected chi connectivity index (χ3v) is 3.74. The molecule has 2 heterocycles. The molecule has 2 rings (SSSR count). The van der Waals surface area contributed by atoms with Crippen LogP contribution >= 0.6 is 11.3 Å². The fourth-order valence-corrected chi connectivity index (χ4v) is 2.73. The maximum absolute atomic E-state index is 9.31. The van der Waals surface area contributed by atoms with Crippen LogP contribution < -0.4 is 5.32 Å². The lowest BCUT2D eigenvalue weighted by molar-refractivity contribution is 0.223. The van der Waals surface area contributed by atoms with Crippen LogP contribution in [0.3, 0.4) is 0 Å². The van der Waals surface area contributed by atoms with Crippen LogP contribution in [0.25, 0.3) is 10.8 Å². The third-order valence-electron chi connectivity index (χ3n) is 2.83. The number of rotatable bonds is 7.